The Bertz CT molecular complexity index is 2190. The van der Waals surface area contributed by atoms with E-state index in [1.807, 2.05) is 82.9 Å². The van der Waals surface area contributed by atoms with E-state index < -0.39 is 6.04 Å². The molecule has 10 rings (SSSR count). The molecule has 294 valence electrons. The number of aromatic amines is 2. The Balaban J connectivity index is 0.837. The van der Waals surface area contributed by atoms with Crippen molar-refractivity contribution < 1.29 is 19.1 Å². The highest BCUT2D eigenvalue weighted by atomic mass is 16.6. The second-order valence-electron chi connectivity index (χ2n) is 16.6. The predicted octanol–water partition coefficient (Wildman–Crippen LogP) is 8.36. The minimum atomic E-state index is -0.738. The maximum atomic E-state index is 13.9. The number of carbonyl (C=O) groups excluding carboxylic acids is 3. The zero-order valence-corrected chi connectivity index (χ0v) is 32.6. The lowest BCUT2D eigenvalue weighted by atomic mass is 9.51. The van der Waals surface area contributed by atoms with Crippen molar-refractivity contribution in [2.75, 3.05) is 13.1 Å². The molecule has 3 atom stereocenters. The molecule has 3 aromatic carbocycles. The van der Waals surface area contributed by atoms with E-state index in [-0.39, 0.29) is 47.4 Å². The molecule has 3 amide bonds. The van der Waals surface area contributed by atoms with Gasteiger partial charge in [0.15, 0.2) is 0 Å². The summed E-state index contributed by atoms with van der Waals surface area (Å²) in [5, 5.41) is 2.87. The number of hydrogen-bond donors (Lipinski definition) is 3. The monoisotopic (exact) mass is 765 g/mol. The number of likely N-dealkylation sites (tertiary alicyclic amines) is 2. The normalized spacial score (nSPS) is 24.7. The Labute approximate surface area is 333 Å². The fraction of sp³-hybridized carbons (Fsp3) is 0.413. The van der Waals surface area contributed by atoms with E-state index in [0.717, 1.165) is 98.2 Å². The van der Waals surface area contributed by atoms with Gasteiger partial charge in [-0.3, -0.25) is 14.5 Å². The van der Waals surface area contributed by atoms with Gasteiger partial charge >= 0.3 is 6.09 Å². The van der Waals surface area contributed by atoms with Crippen LogP contribution < -0.4 is 5.32 Å². The number of carbonyl (C=O) groups is 3. The second kappa shape index (κ2) is 15.3. The highest BCUT2D eigenvalue weighted by Crippen LogP contribution is 2.58. The summed E-state index contributed by atoms with van der Waals surface area (Å²) >= 11 is 0. The molecule has 0 unspecified atom stereocenters. The fourth-order valence-electron chi connectivity index (χ4n) is 10.1. The van der Waals surface area contributed by atoms with Crippen LogP contribution in [0.4, 0.5) is 4.79 Å². The van der Waals surface area contributed by atoms with Crippen molar-refractivity contribution in [1.82, 2.24) is 35.1 Å². The fourth-order valence-corrected chi connectivity index (χ4v) is 10.1. The largest absolute Gasteiger partial charge is 0.445 e. The quantitative estimate of drug-likeness (QED) is 0.131. The van der Waals surface area contributed by atoms with E-state index in [1.54, 1.807) is 0 Å². The van der Waals surface area contributed by atoms with Crippen LogP contribution >= 0.6 is 0 Å². The topological polar surface area (TPSA) is 136 Å². The number of ether oxygens (including phenoxy) is 1. The molecule has 2 aliphatic heterocycles. The third-order valence-corrected chi connectivity index (χ3v) is 13.4. The molecule has 57 heavy (non-hydrogen) atoms. The van der Waals surface area contributed by atoms with Gasteiger partial charge in [0.25, 0.3) is 0 Å². The van der Waals surface area contributed by atoms with Crippen molar-refractivity contribution in [2.24, 2.45) is 0 Å². The van der Waals surface area contributed by atoms with Crippen LogP contribution in [0.3, 0.4) is 0 Å². The number of fused-ring (bicyclic) bond motifs is 3. The molecule has 5 aliphatic rings. The molecular weight excluding hydrogens is 715 g/mol. The van der Waals surface area contributed by atoms with Gasteiger partial charge in [-0.05, 0) is 91.9 Å². The lowest BCUT2D eigenvalue weighted by Crippen LogP contribution is -2.46. The van der Waals surface area contributed by atoms with Crippen LogP contribution in [0.25, 0.3) is 11.3 Å². The lowest BCUT2D eigenvalue weighted by molar-refractivity contribution is -0.137. The number of aromatic nitrogens is 4. The molecule has 5 fully saturated rings. The van der Waals surface area contributed by atoms with E-state index in [9.17, 15) is 14.4 Å². The summed E-state index contributed by atoms with van der Waals surface area (Å²) in [7, 11) is 0. The molecule has 0 spiro atoms. The van der Waals surface area contributed by atoms with Gasteiger partial charge in [0.2, 0.25) is 11.8 Å². The Morgan fingerprint density at radius 1 is 0.754 bits per heavy atom. The molecule has 2 saturated heterocycles. The molecule has 0 radical (unpaired) electrons. The number of hydrogen-bond acceptors (Lipinski definition) is 6. The smallest absolute Gasteiger partial charge is 0.410 e. The van der Waals surface area contributed by atoms with Gasteiger partial charge in [-0.15, -0.1) is 0 Å². The van der Waals surface area contributed by atoms with E-state index in [4.69, 9.17) is 14.7 Å². The maximum Gasteiger partial charge on any atom is 0.410 e. The lowest BCUT2D eigenvalue weighted by Gasteiger charge is -2.53. The Morgan fingerprint density at radius 2 is 1.35 bits per heavy atom. The minimum absolute atomic E-state index is 0.0872. The highest BCUT2D eigenvalue weighted by Gasteiger charge is 2.51. The Kier molecular flexibility index (Phi) is 9.92. The Hall–Kier alpha value is -5.71. The standard InChI is InChI=1S/C46H51N7O4/c1-31(54)49-40(34-12-6-3-7-13-34)43(55)52-26-8-14-37(52)41-47-28-36(50-41)33-16-18-35(19-17-33)45-20-23-46(24-21-45,25-22-45)39-29-48-42(51-39)38-15-9-27-53(38)44(56)57-30-32-10-4-2-5-11-32/h2-7,10-13,16-19,28-29,37-38,40H,8-9,14-15,20-27,30H2,1H3,(H,47,50)(H,48,51)(H,49,54)/t37-,38-,40+,45?,46?/m0/s1. The van der Waals surface area contributed by atoms with Crippen molar-refractivity contribution in [2.45, 2.75) is 107 Å². The molecule has 4 heterocycles. The number of amides is 3. The average Bonchev–Trinajstić information content (AvgIpc) is 4.10. The van der Waals surface area contributed by atoms with Gasteiger partial charge in [0.05, 0.1) is 24.0 Å². The summed E-state index contributed by atoms with van der Waals surface area (Å²) < 4.78 is 5.70. The first kappa shape index (κ1) is 36.9. The zero-order chi connectivity index (χ0) is 39.0. The van der Waals surface area contributed by atoms with Crippen LogP contribution in [0, 0.1) is 0 Å². The van der Waals surface area contributed by atoms with Gasteiger partial charge in [-0.1, -0.05) is 84.9 Å². The van der Waals surface area contributed by atoms with Crippen LogP contribution in [0.1, 0.15) is 123 Å². The van der Waals surface area contributed by atoms with Crippen molar-refractivity contribution in [3.8, 4) is 11.3 Å². The number of H-pyrrole nitrogens is 2. The van der Waals surface area contributed by atoms with E-state index in [1.165, 1.54) is 18.2 Å². The summed E-state index contributed by atoms with van der Waals surface area (Å²) in [6.45, 7) is 3.01. The maximum absolute atomic E-state index is 13.9. The predicted molar refractivity (Wildman–Crippen MR) is 216 cm³/mol. The molecule has 5 aromatic rings. The van der Waals surface area contributed by atoms with Crippen LogP contribution in [-0.4, -0.2) is 60.7 Å². The molecule has 3 saturated carbocycles. The molecule has 11 heteroatoms. The second-order valence-corrected chi connectivity index (χ2v) is 16.6. The summed E-state index contributed by atoms with van der Waals surface area (Å²) in [5.74, 6) is 1.29. The molecule has 2 bridgehead atoms. The first-order valence-corrected chi connectivity index (χ1v) is 20.6. The number of benzene rings is 3. The number of nitrogens with zero attached hydrogens (tertiary/aromatic N) is 4. The highest BCUT2D eigenvalue weighted by molar-refractivity contribution is 5.88. The zero-order valence-electron chi connectivity index (χ0n) is 32.6. The van der Waals surface area contributed by atoms with E-state index >= 15 is 0 Å². The van der Waals surface area contributed by atoms with Gasteiger partial charge in [-0.25, -0.2) is 14.8 Å². The van der Waals surface area contributed by atoms with Crippen molar-refractivity contribution in [3.63, 3.8) is 0 Å². The van der Waals surface area contributed by atoms with Crippen molar-refractivity contribution in [3.05, 3.63) is 131 Å². The SMILES string of the molecule is CC(=O)N[C@@H](C(=O)N1CCC[C@H]1c1ncc(-c2ccc(C34CCC(c5cnc([C@@H]6CCCN6C(=O)OCc6ccccc6)[nH]5)(CC3)CC4)cc2)[nH]1)c1ccccc1. The third-order valence-electron chi connectivity index (χ3n) is 13.4. The van der Waals surface area contributed by atoms with Gasteiger partial charge in [-0.2, -0.15) is 0 Å². The number of nitrogens with one attached hydrogen (secondary N) is 3. The van der Waals surface area contributed by atoms with Crippen molar-refractivity contribution >= 4 is 17.9 Å². The first-order chi connectivity index (χ1) is 27.8. The van der Waals surface area contributed by atoms with Crippen LogP contribution in [0.2, 0.25) is 0 Å². The first-order valence-electron chi connectivity index (χ1n) is 20.6. The van der Waals surface area contributed by atoms with Gasteiger partial charge in [0, 0.05) is 37.3 Å². The minimum Gasteiger partial charge on any atom is -0.445 e. The third kappa shape index (κ3) is 7.13. The van der Waals surface area contributed by atoms with Gasteiger partial charge < -0.3 is 24.9 Å². The van der Waals surface area contributed by atoms with Crippen LogP contribution in [-0.2, 0) is 31.8 Å². The summed E-state index contributed by atoms with van der Waals surface area (Å²) in [4.78, 5) is 59.7. The van der Waals surface area contributed by atoms with E-state index in [0.29, 0.717) is 13.1 Å². The van der Waals surface area contributed by atoms with Gasteiger partial charge in [0.1, 0.15) is 24.3 Å². The van der Waals surface area contributed by atoms with Crippen LogP contribution in [0.5, 0.6) is 0 Å². The molecule has 2 aromatic heterocycles. The molecule has 3 N–H and O–H groups in total. The van der Waals surface area contributed by atoms with Crippen molar-refractivity contribution in [1.29, 1.82) is 0 Å². The number of rotatable bonds is 10. The van der Waals surface area contributed by atoms with Crippen LogP contribution in [0.15, 0.2) is 97.3 Å². The summed E-state index contributed by atoms with van der Waals surface area (Å²) in [6.07, 6.45) is 13.9. The Morgan fingerprint density at radius 3 is 2.04 bits per heavy atom. The molecule has 11 nitrogen and oxygen atoms in total. The molecule has 3 aliphatic carbocycles. The number of imidazole rings is 2. The summed E-state index contributed by atoms with van der Waals surface area (Å²) in [5.41, 5.74) is 6.63. The molecular formula is C46H51N7O4. The summed E-state index contributed by atoms with van der Waals surface area (Å²) in [6, 6.07) is 27.3. The average molecular weight is 766 g/mol. The van der Waals surface area contributed by atoms with E-state index in [2.05, 4.69) is 39.6 Å².